The van der Waals surface area contributed by atoms with E-state index in [1.165, 1.54) is 7.05 Å². The van der Waals surface area contributed by atoms with E-state index in [0.717, 1.165) is 27.2 Å². The topological polar surface area (TPSA) is 29.1 Å². The van der Waals surface area contributed by atoms with Crippen LogP contribution in [0.4, 0.5) is 23.2 Å². The fourth-order valence-corrected chi connectivity index (χ4v) is 4.14. The smallest absolute Gasteiger partial charge is 0.199 e. The Morgan fingerprint density at radius 1 is 0.867 bits per heavy atom. The van der Waals surface area contributed by atoms with E-state index >= 15 is 0 Å². The van der Waals surface area contributed by atoms with Gasteiger partial charge in [0.2, 0.25) is 0 Å². The van der Waals surface area contributed by atoms with Crippen molar-refractivity contribution < 1.29 is 17.6 Å². The van der Waals surface area contributed by atoms with Crippen molar-refractivity contribution >= 4 is 45.3 Å². The molecule has 0 N–H and O–H groups in total. The van der Waals surface area contributed by atoms with Crippen LogP contribution in [0.5, 0.6) is 0 Å². The standard InChI is InChI=1S/C23H13F4N3/c1-28-21(16-17(24)18(25)19(26)20(27)22(16)29-2)15-10-11-6-5-8-13-12-7-3-4-9-14(12)30(15)23(11)13/h3-10H,2H2,1H3/b28-21-. The molecule has 3 aromatic carbocycles. The molecule has 0 radical (unpaired) electrons. The molecule has 0 aliphatic rings. The van der Waals surface area contributed by atoms with Crippen LogP contribution >= 0.6 is 0 Å². The summed E-state index contributed by atoms with van der Waals surface area (Å²) >= 11 is 0. The van der Waals surface area contributed by atoms with Crippen molar-refractivity contribution in [3.8, 4) is 0 Å². The molecule has 0 aliphatic carbocycles. The summed E-state index contributed by atoms with van der Waals surface area (Å²) in [6.45, 7) is 3.20. The second kappa shape index (κ2) is 6.38. The van der Waals surface area contributed by atoms with Gasteiger partial charge in [0.1, 0.15) is 5.69 Å². The second-order valence-corrected chi connectivity index (χ2v) is 6.84. The maximum absolute atomic E-state index is 14.9. The average molecular weight is 407 g/mol. The van der Waals surface area contributed by atoms with E-state index < -0.39 is 34.5 Å². The van der Waals surface area contributed by atoms with Crippen molar-refractivity contribution in [2.75, 3.05) is 7.05 Å². The van der Waals surface area contributed by atoms with Crippen LogP contribution in [0.15, 0.2) is 58.5 Å². The lowest BCUT2D eigenvalue weighted by molar-refractivity contribution is 0.410. The van der Waals surface area contributed by atoms with E-state index in [-0.39, 0.29) is 5.71 Å². The highest BCUT2D eigenvalue weighted by Crippen LogP contribution is 2.38. The maximum Gasteiger partial charge on any atom is 0.199 e. The number of fused-ring (bicyclic) bond motifs is 3. The lowest BCUT2D eigenvalue weighted by Crippen LogP contribution is -2.13. The summed E-state index contributed by atoms with van der Waals surface area (Å²) in [6.07, 6.45) is 0. The monoisotopic (exact) mass is 407 g/mol. The van der Waals surface area contributed by atoms with E-state index in [4.69, 9.17) is 0 Å². The van der Waals surface area contributed by atoms with Crippen LogP contribution in [0.2, 0.25) is 0 Å². The molecule has 2 heterocycles. The Morgan fingerprint density at radius 3 is 2.30 bits per heavy atom. The summed E-state index contributed by atoms with van der Waals surface area (Å²) in [7, 11) is 1.37. The molecule has 0 saturated carbocycles. The Hall–Kier alpha value is -3.74. The van der Waals surface area contributed by atoms with Gasteiger partial charge in [0, 0.05) is 23.2 Å². The summed E-state index contributed by atoms with van der Waals surface area (Å²) in [6, 6.07) is 15.1. The van der Waals surface area contributed by atoms with E-state index in [2.05, 4.69) is 16.7 Å². The van der Waals surface area contributed by atoms with Crippen molar-refractivity contribution in [2.45, 2.75) is 0 Å². The Balaban J connectivity index is 1.95. The molecule has 0 aliphatic heterocycles. The zero-order valence-corrected chi connectivity index (χ0v) is 15.7. The van der Waals surface area contributed by atoms with Crippen molar-refractivity contribution in [3.63, 3.8) is 0 Å². The molecule has 5 rings (SSSR count). The first-order valence-electron chi connectivity index (χ1n) is 9.04. The predicted molar refractivity (Wildman–Crippen MR) is 111 cm³/mol. The Labute approximate surface area is 167 Å². The van der Waals surface area contributed by atoms with Gasteiger partial charge >= 0.3 is 0 Å². The van der Waals surface area contributed by atoms with Gasteiger partial charge in [-0.15, -0.1) is 0 Å². The number of nitrogens with zero attached hydrogens (tertiary/aromatic N) is 3. The fourth-order valence-electron chi connectivity index (χ4n) is 4.14. The lowest BCUT2D eigenvalue weighted by atomic mass is 10.0. The highest BCUT2D eigenvalue weighted by Gasteiger charge is 2.30. The number of benzene rings is 3. The van der Waals surface area contributed by atoms with E-state index in [9.17, 15) is 17.6 Å². The minimum absolute atomic E-state index is 0.0634. The third-order valence-electron chi connectivity index (χ3n) is 5.36. The van der Waals surface area contributed by atoms with E-state index in [0.29, 0.717) is 5.69 Å². The van der Waals surface area contributed by atoms with Gasteiger partial charge in [0.15, 0.2) is 23.3 Å². The molecular weight excluding hydrogens is 394 g/mol. The zero-order valence-electron chi connectivity index (χ0n) is 15.7. The number of rotatable bonds is 3. The van der Waals surface area contributed by atoms with Crippen LogP contribution < -0.4 is 0 Å². The molecule has 148 valence electrons. The van der Waals surface area contributed by atoms with Crippen molar-refractivity contribution in [2.24, 2.45) is 9.98 Å². The third-order valence-corrected chi connectivity index (χ3v) is 5.36. The van der Waals surface area contributed by atoms with Gasteiger partial charge < -0.3 is 4.40 Å². The molecule has 2 aromatic heterocycles. The summed E-state index contributed by atoms with van der Waals surface area (Å²) in [5.74, 6) is -7.04. The maximum atomic E-state index is 14.9. The molecule has 7 heteroatoms. The van der Waals surface area contributed by atoms with Crippen LogP contribution in [0, 0.1) is 23.3 Å². The van der Waals surface area contributed by atoms with Gasteiger partial charge in [0.25, 0.3) is 0 Å². The SMILES string of the molecule is C=Nc1c(F)c(F)c(F)c(F)c1/C(=N\C)c1cc2cccc3c4ccccc4n1c23. The van der Waals surface area contributed by atoms with Gasteiger partial charge in [-0.25, -0.2) is 17.6 Å². The molecule has 0 fully saturated rings. The number of hydrogen-bond donors (Lipinski definition) is 0. The molecule has 30 heavy (non-hydrogen) atoms. The average Bonchev–Trinajstić information content (AvgIpc) is 3.31. The molecule has 5 aromatic rings. The first kappa shape index (κ1) is 18.3. The number of hydrogen-bond acceptors (Lipinski definition) is 2. The van der Waals surface area contributed by atoms with E-state index in [1.54, 1.807) is 6.07 Å². The number of aromatic nitrogens is 1. The molecule has 0 spiro atoms. The summed E-state index contributed by atoms with van der Waals surface area (Å²) < 4.78 is 59.0. The first-order chi connectivity index (χ1) is 14.5. The fraction of sp³-hybridized carbons (Fsp3) is 0.0435. The molecule has 0 bridgehead atoms. The molecule has 0 saturated heterocycles. The van der Waals surface area contributed by atoms with Crippen LogP contribution in [0.1, 0.15) is 11.3 Å². The van der Waals surface area contributed by atoms with Crippen LogP contribution in [0.25, 0.3) is 27.2 Å². The van der Waals surface area contributed by atoms with Crippen LogP contribution in [-0.2, 0) is 0 Å². The Bertz CT molecular complexity index is 1510. The number of aliphatic imine (C=N–C) groups is 2. The normalized spacial score (nSPS) is 12.5. The highest BCUT2D eigenvalue weighted by atomic mass is 19.2. The minimum atomic E-state index is -1.94. The second-order valence-electron chi connectivity index (χ2n) is 6.84. The summed E-state index contributed by atoms with van der Waals surface area (Å²) in [5.41, 5.74) is 0.726. The van der Waals surface area contributed by atoms with Gasteiger partial charge in [-0.1, -0.05) is 36.4 Å². The largest absolute Gasteiger partial charge is 0.306 e. The molecular formula is C23H13F4N3. The lowest BCUT2D eigenvalue weighted by Gasteiger charge is -2.13. The number of para-hydroxylation sites is 2. The third kappa shape index (κ3) is 2.20. The predicted octanol–water partition coefficient (Wildman–Crippen LogP) is 6.04. The molecule has 3 nitrogen and oxygen atoms in total. The Morgan fingerprint density at radius 2 is 1.57 bits per heavy atom. The molecule has 0 amide bonds. The van der Waals surface area contributed by atoms with E-state index in [1.807, 2.05) is 46.9 Å². The first-order valence-corrected chi connectivity index (χ1v) is 9.04. The summed E-state index contributed by atoms with van der Waals surface area (Å²) in [4.78, 5) is 7.55. The van der Waals surface area contributed by atoms with Gasteiger partial charge in [-0.2, -0.15) is 0 Å². The highest BCUT2D eigenvalue weighted by molar-refractivity contribution is 6.22. The van der Waals surface area contributed by atoms with Crippen LogP contribution in [0.3, 0.4) is 0 Å². The zero-order chi connectivity index (χ0) is 21.2. The minimum Gasteiger partial charge on any atom is -0.306 e. The van der Waals surface area contributed by atoms with Crippen molar-refractivity contribution in [1.29, 1.82) is 0 Å². The quantitative estimate of drug-likeness (QED) is 0.151. The van der Waals surface area contributed by atoms with Gasteiger partial charge in [-0.05, 0) is 18.9 Å². The van der Waals surface area contributed by atoms with Gasteiger partial charge in [-0.3, -0.25) is 9.98 Å². The van der Waals surface area contributed by atoms with Crippen molar-refractivity contribution in [1.82, 2.24) is 4.40 Å². The molecule has 0 unspecified atom stereocenters. The van der Waals surface area contributed by atoms with Crippen LogP contribution in [-0.4, -0.2) is 23.9 Å². The Kier molecular flexibility index (Phi) is 3.89. The van der Waals surface area contributed by atoms with Gasteiger partial charge in [0.05, 0.1) is 28.0 Å². The molecule has 0 atom stereocenters. The number of halogens is 4. The van der Waals surface area contributed by atoms with Crippen molar-refractivity contribution in [3.05, 3.63) is 83.1 Å². The summed E-state index contributed by atoms with van der Waals surface area (Å²) in [5, 5.41) is 2.79.